The van der Waals surface area contributed by atoms with Gasteiger partial charge in [0.05, 0.1) is 55.1 Å². The second kappa shape index (κ2) is 14.6. The molecule has 5 rings (SSSR count). The van der Waals surface area contributed by atoms with Gasteiger partial charge in [-0.3, -0.25) is 29.6 Å². The number of para-hydroxylation sites is 1. The molecule has 0 unspecified atom stereocenters. The standard InChI is InChI=1S/C33H29IN4O10S/c1-6-46-32(40)28-18(4)35-33-36(29(28)21-9-7-8-10-24(21)47-17(2)3)31(39)27(49-33)15-19-13-22(34)30(26(14-19)45-5)48-25-12-11-20(37(41)42)16-23(25)38(43)44/h7-17,29H,6H2,1-5H3/b27-15-/t29-/m1/s1. The van der Waals surface area contributed by atoms with Gasteiger partial charge in [-0.25, -0.2) is 9.79 Å². The number of rotatable bonds is 11. The van der Waals surface area contributed by atoms with Crippen LogP contribution in [-0.2, 0) is 9.53 Å². The zero-order valence-corrected chi connectivity index (χ0v) is 29.8. The van der Waals surface area contributed by atoms with Gasteiger partial charge in [-0.1, -0.05) is 29.5 Å². The monoisotopic (exact) mass is 800 g/mol. The van der Waals surface area contributed by atoms with Gasteiger partial charge in [0.2, 0.25) is 5.75 Å². The highest BCUT2D eigenvalue weighted by Gasteiger charge is 2.35. The number of aromatic nitrogens is 1. The van der Waals surface area contributed by atoms with Gasteiger partial charge in [0.1, 0.15) is 11.8 Å². The molecule has 0 N–H and O–H groups in total. The Morgan fingerprint density at radius 2 is 1.82 bits per heavy atom. The van der Waals surface area contributed by atoms with E-state index in [-0.39, 0.29) is 35.5 Å². The number of carbonyl (C=O) groups excluding carboxylic acids is 1. The molecule has 4 aromatic rings. The average Bonchev–Trinajstić information content (AvgIpc) is 3.35. The molecule has 0 spiro atoms. The van der Waals surface area contributed by atoms with E-state index in [2.05, 4.69) is 4.99 Å². The zero-order valence-electron chi connectivity index (χ0n) is 26.8. The maximum Gasteiger partial charge on any atom is 0.338 e. The number of hydrogen-bond donors (Lipinski definition) is 0. The van der Waals surface area contributed by atoms with Crippen molar-refractivity contribution in [3.05, 3.63) is 120 Å². The number of fused-ring (bicyclic) bond motifs is 1. The van der Waals surface area contributed by atoms with Crippen LogP contribution in [0.2, 0.25) is 0 Å². The van der Waals surface area contributed by atoms with Gasteiger partial charge in [-0.05, 0) is 86.2 Å². The van der Waals surface area contributed by atoms with Gasteiger partial charge < -0.3 is 18.9 Å². The summed E-state index contributed by atoms with van der Waals surface area (Å²) in [6.45, 7) is 7.30. The minimum absolute atomic E-state index is 0.134. The number of allylic oxidation sites excluding steroid dienone is 1. The van der Waals surface area contributed by atoms with Crippen LogP contribution in [0.1, 0.15) is 44.9 Å². The number of carbonyl (C=O) groups is 1. The Hall–Kier alpha value is -5.10. The number of hydrogen-bond acceptors (Lipinski definition) is 12. The van der Waals surface area contributed by atoms with Gasteiger partial charge in [-0.15, -0.1) is 0 Å². The van der Waals surface area contributed by atoms with Gasteiger partial charge in [0.25, 0.3) is 11.2 Å². The van der Waals surface area contributed by atoms with Crippen LogP contribution in [0, 0.1) is 23.8 Å². The minimum Gasteiger partial charge on any atom is -0.493 e. The van der Waals surface area contributed by atoms with E-state index >= 15 is 0 Å². The maximum atomic E-state index is 14.2. The second-order valence-corrected chi connectivity index (χ2v) is 13.0. The molecule has 254 valence electrons. The van der Waals surface area contributed by atoms with Crippen LogP contribution >= 0.6 is 33.9 Å². The molecule has 0 radical (unpaired) electrons. The van der Waals surface area contributed by atoms with E-state index in [1.807, 2.05) is 42.5 Å². The molecule has 0 bridgehead atoms. The molecule has 49 heavy (non-hydrogen) atoms. The summed E-state index contributed by atoms with van der Waals surface area (Å²) < 4.78 is 25.2. The van der Waals surface area contributed by atoms with Crippen molar-refractivity contribution in [3.8, 4) is 23.0 Å². The predicted octanol–water partition coefficient (Wildman–Crippen LogP) is 5.81. The van der Waals surface area contributed by atoms with E-state index in [0.29, 0.717) is 35.5 Å². The third kappa shape index (κ3) is 7.19. The van der Waals surface area contributed by atoms with E-state index in [0.717, 1.165) is 29.5 Å². The first-order chi connectivity index (χ1) is 23.3. The smallest absolute Gasteiger partial charge is 0.338 e. The van der Waals surface area contributed by atoms with Crippen LogP contribution in [0.3, 0.4) is 0 Å². The third-order valence-corrected chi connectivity index (χ3v) is 8.99. The first kappa shape index (κ1) is 35.2. The highest BCUT2D eigenvalue weighted by molar-refractivity contribution is 14.1. The van der Waals surface area contributed by atoms with E-state index in [1.54, 1.807) is 50.3 Å². The molecule has 0 amide bonds. The third-order valence-electron chi connectivity index (χ3n) is 7.20. The molecule has 14 nitrogen and oxygen atoms in total. The maximum absolute atomic E-state index is 14.2. The number of thiazole rings is 1. The normalized spacial score (nSPS) is 14.3. The quantitative estimate of drug-likeness (QED) is 0.0780. The second-order valence-electron chi connectivity index (χ2n) is 10.8. The van der Waals surface area contributed by atoms with E-state index in [9.17, 15) is 29.8 Å². The molecular weight excluding hydrogens is 771 g/mol. The Labute approximate surface area is 296 Å². The Morgan fingerprint density at radius 1 is 1.08 bits per heavy atom. The van der Waals surface area contributed by atoms with E-state index < -0.39 is 38.8 Å². The van der Waals surface area contributed by atoms with Crippen molar-refractivity contribution >= 4 is 57.3 Å². The van der Waals surface area contributed by atoms with Crippen molar-refractivity contribution < 1.29 is 33.6 Å². The number of methoxy groups -OCH3 is 1. The molecule has 3 aromatic carbocycles. The van der Waals surface area contributed by atoms with Gasteiger partial charge in [0, 0.05) is 11.6 Å². The summed E-state index contributed by atoms with van der Waals surface area (Å²) in [4.78, 5) is 53.9. The Morgan fingerprint density at radius 3 is 2.47 bits per heavy atom. The molecule has 0 fully saturated rings. The zero-order chi connectivity index (χ0) is 35.6. The van der Waals surface area contributed by atoms with Crippen LogP contribution in [-0.4, -0.2) is 40.2 Å². The molecule has 1 aliphatic rings. The van der Waals surface area contributed by atoms with Crippen molar-refractivity contribution in [3.63, 3.8) is 0 Å². The number of nitrogens with zero attached hydrogens (tertiary/aromatic N) is 4. The summed E-state index contributed by atoms with van der Waals surface area (Å²) in [5.74, 6) is 0.0244. The van der Waals surface area contributed by atoms with Gasteiger partial charge in [-0.2, -0.15) is 0 Å². The number of ether oxygens (including phenoxy) is 4. The highest BCUT2D eigenvalue weighted by Crippen LogP contribution is 2.41. The first-order valence-electron chi connectivity index (χ1n) is 14.8. The summed E-state index contributed by atoms with van der Waals surface area (Å²) >= 11 is 3.10. The molecule has 1 aliphatic heterocycles. The van der Waals surface area contributed by atoms with Crippen LogP contribution in [0.15, 0.2) is 75.7 Å². The number of nitro benzene ring substituents is 2. The lowest BCUT2D eigenvalue weighted by atomic mass is 9.95. The number of benzene rings is 3. The van der Waals surface area contributed by atoms with Crippen molar-refractivity contribution in [2.24, 2.45) is 4.99 Å². The first-order valence-corrected chi connectivity index (χ1v) is 16.7. The van der Waals surface area contributed by atoms with Crippen molar-refractivity contribution in [2.75, 3.05) is 13.7 Å². The topological polar surface area (TPSA) is 175 Å². The molecule has 2 heterocycles. The number of halogens is 1. The van der Waals surface area contributed by atoms with E-state index in [4.69, 9.17) is 18.9 Å². The highest BCUT2D eigenvalue weighted by atomic mass is 127. The molecule has 0 aliphatic carbocycles. The predicted molar refractivity (Wildman–Crippen MR) is 188 cm³/mol. The molecular formula is C33H29IN4O10S. The summed E-state index contributed by atoms with van der Waals surface area (Å²) in [6.07, 6.45) is 1.47. The van der Waals surface area contributed by atoms with Crippen LogP contribution in [0.5, 0.6) is 23.0 Å². The SMILES string of the molecule is CCOC(=O)C1=C(C)N=c2s/c(=C\c3cc(I)c(Oc4ccc([N+](=O)[O-])cc4[N+](=O)[O-])c(OC)c3)c(=O)n2[C@@H]1c1ccccc1OC(C)C. The Kier molecular flexibility index (Phi) is 10.5. The summed E-state index contributed by atoms with van der Waals surface area (Å²) in [5, 5.41) is 22.8. The van der Waals surface area contributed by atoms with Crippen molar-refractivity contribution in [1.29, 1.82) is 0 Å². The van der Waals surface area contributed by atoms with Gasteiger partial charge in [0.15, 0.2) is 16.3 Å². The van der Waals surface area contributed by atoms with E-state index in [1.165, 1.54) is 11.7 Å². The number of nitro groups is 2. The average molecular weight is 801 g/mol. The summed E-state index contributed by atoms with van der Waals surface area (Å²) in [7, 11) is 1.39. The fourth-order valence-corrected chi connectivity index (χ4v) is 6.97. The minimum atomic E-state index is -0.879. The fraction of sp³-hybridized carbons (Fsp3) is 0.242. The molecule has 1 aromatic heterocycles. The number of esters is 1. The molecule has 16 heteroatoms. The molecule has 1 atom stereocenters. The number of non-ortho nitro benzene ring substituents is 1. The van der Waals surface area contributed by atoms with Crippen molar-refractivity contribution in [2.45, 2.75) is 39.8 Å². The largest absolute Gasteiger partial charge is 0.493 e. The lowest BCUT2D eigenvalue weighted by Gasteiger charge is -2.26. The van der Waals surface area contributed by atoms with Crippen LogP contribution < -0.4 is 29.1 Å². The lowest BCUT2D eigenvalue weighted by molar-refractivity contribution is -0.394. The molecule has 0 saturated heterocycles. The van der Waals surface area contributed by atoms with Crippen LogP contribution in [0.4, 0.5) is 11.4 Å². The van der Waals surface area contributed by atoms with Crippen molar-refractivity contribution in [1.82, 2.24) is 4.57 Å². The Bertz CT molecular complexity index is 2210. The summed E-state index contributed by atoms with van der Waals surface area (Å²) in [5.41, 5.74) is 0.313. The fourth-order valence-electron chi connectivity index (χ4n) is 5.19. The molecule has 0 saturated carbocycles. The summed E-state index contributed by atoms with van der Waals surface area (Å²) in [6, 6.07) is 12.7. The lowest BCUT2D eigenvalue weighted by Crippen LogP contribution is -2.40. The Balaban J connectivity index is 1.63. The van der Waals surface area contributed by atoms with Gasteiger partial charge >= 0.3 is 11.7 Å². The van der Waals surface area contributed by atoms with Crippen LogP contribution in [0.25, 0.3) is 6.08 Å².